The van der Waals surface area contributed by atoms with Crippen molar-refractivity contribution in [1.29, 1.82) is 0 Å². The van der Waals surface area contributed by atoms with Gasteiger partial charge in [-0.3, -0.25) is 9.59 Å². The summed E-state index contributed by atoms with van der Waals surface area (Å²) in [6, 6.07) is 9.82. The Hall–Kier alpha value is -2.08. The first kappa shape index (κ1) is 14.3. The lowest BCUT2D eigenvalue weighted by atomic mass is 10.1. The zero-order valence-corrected chi connectivity index (χ0v) is 12.3. The van der Waals surface area contributed by atoms with Crippen molar-refractivity contribution in [3.05, 3.63) is 52.4 Å². The number of ketones is 1. The Kier molecular flexibility index (Phi) is 4.57. The fourth-order valence-electron chi connectivity index (χ4n) is 1.56. The van der Waals surface area contributed by atoms with E-state index < -0.39 is 5.91 Å². The molecule has 5 nitrogen and oxygen atoms in total. The van der Waals surface area contributed by atoms with Crippen LogP contribution in [0.4, 0.5) is 0 Å². The van der Waals surface area contributed by atoms with Gasteiger partial charge in [0.15, 0.2) is 16.2 Å². The van der Waals surface area contributed by atoms with E-state index in [1.165, 1.54) is 6.07 Å². The maximum atomic E-state index is 11.9. The van der Waals surface area contributed by atoms with E-state index in [4.69, 9.17) is 9.15 Å². The Morgan fingerprint density at radius 2 is 1.90 bits per heavy atom. The molecule has 1 amide bonds. The lowest BCUT2D eigenvalue weighted by Gasteiger charge is -2.04. The number of methoxy groups -OCH3 is 1. The van der Waals surface area contributed by atoms with E-state index in [0.717, 1.165) is 0 Å². The van der Waals surface area contributed by atoms with Crippen molar-refractivity contribution in [2.75, 3.05) is 13.7 Å². The molecule has 1 aromatic carbocycles. The number of carbonyl (C=O) groups is 2. The molecule has 0 aliphatic heterocycles. The Morgan fingerprint density at radius 3 is 2.45 bits per heavy atom. The highest BCUT2D eigenvalue weighted by Crippen LogP contribution is 2.14. The van der Waals surface area contributed by atoms with Gasteiger partial charge in [0.25, 0.3) is 5.91 Å². The van der Waals surface area contributed by atoms with Gasteiger partial charge in [-0.1, -0.05) is 0 Å². The van der Waals surface area contributed by atoms with Crippen molar-refractivity contribution < 1.29 is 18.7 Å². The van der Waals surface area contributed by atoms with Gasteiger partial charge in [0.2, 0.25) is 0 Å². The highest BCUT2D eigenvalue weighted by molar-refractivity contribution is 9.10. The first-order valence-electron chi connectivity index (χ1n) is 5.81. The van der Waals surface area contributed by atoms with Crippen LogP contribution in [0.25, 0.3) is 0 Å². The molecule has 2 aromatic rings. The van der Waals surface area contributed by atoms with Crippen LogP contribution in [0.1, 0.15) is 20.9 Å². The van der Waals surface area contributed by atoms with Crippen LogP contribution < -0.4 is 10.1 Å². The maximum Gasteiger partial charge on any atom is 0.287 e. The average Bonchev–Trinajstić information content (AvgIpc) is 2.91. The lowest BCUT2D eigenvalue weighted by Crippen LogP contribution is -2.29. The molecular weight excluding hydrogens is 326 g/mol. The van der Waals surface area contributed by atoms with E-state index in [1.807, 2.05) is 0 Å². The predicted molar refractivity (Wildman–Crippen MR) is 76.1 cm³/mol. The summed E-state index contributed by atoms with van der Waals surface area (Å²) in [5, 5.41) is 2.50. The molecule has 1 aromatic heterocycles. The number of Topliss-reactive ketones (excluding diaryl/α,β-unsaturated/α-hetero) is 1. The highest BCUT2D eigenvalue weighted by Gasteiger charge is 2.12. The number of hydrogen-bond donors (Lipinski definition) is 1. The molecule has 0 saturated carbocycles. The van der Waals surface area contributed by atoms with E-state index in [9.17, 15) is 9.59 Å². The second-order valence-electron chi connectivity index (χ2n) is 3.94. The fraction of sp³-hybridized carbons (Fsp3) is 0.143. The third-order valence-electron chi connectivity index (χ3n) is 2.62. The molecule has 0 saturated heterocycles. The van der Waals surface area contributed by atoms with Gasteiger partial charge in [0.1, 0.15) is 5.75 Å². The van der Waals surface area contributed by atoms with Gasteiger partial charge in [0.05, 0.1) is 13.7 Å². The summed E-state index contributed by atoms with van der Waals surface area (Å²) in [5.41, 5.74) is 0.506. The first-order valence-corrected chi connectivity index (χ1v) is 6.60. The highest BCUT2D eigenvalue weighted by atomic mass is 79.9. The molecule has 0 radical (unpaired) electrons. The van der Waals surface area contributed by atoms with E-state index >= 15 is 0 Å². The number of ether oxygens (including phenoxy) is 1. The van der Waals surface area contributed by atoms with E-state index in [-0.39, 0.29) is 18.1 Å². The topological polar surface area (TPSA) is 68.5 Å². The summed E-state index contributed by atoms with van der Waals surface area (Å²) in [6.45, 7) is -0.0938. The van der Waals surface area contributed by atoms with E-state index in [2.05, 4.69) is 21.2 Å². The summed E-state index contributed by atoms with van der Waals surface area (Å²) in [7, 11) is 1.55. The zero-order chi connectivity index (χ0) is 14.5. The number of rotatable bonds is 5. The quantitative estimate of drug-likeness (QED) is 0.851. The van der Waals surface area contributed by atoms with Crippen molar-refractivity contribution in [1.82, 2.24) is 5.32 Å². The summed E-state index contributed by atoms with van der Waals surface area (Å²) in [6.07, 6.45) is 0. The summed E-state index contributed by atoms with van der Waals surface area (Å²) >= 11 is 3.11. The molecule has 0 atom stereocenters. The molecule has 1 heterocycles. The molecule has 0 unspecified atom stereocenters. The van der Waals surface area contributed by atoms with Gasteiger partial charge in [-0.15, -0.1) is 0 Å². The Bertz CT molecular complexity index is 618. The van der Waals surface area contributed by atoms with Gasteiger partial charge in [-0.2, -0.15) is 0 Å². The maximum absolute atomic E-state index is 11.9. The molecular formula is C14H12BrNO4. The zero-order valence-electron chi connectivity index (χ0n) is 10.7. The van der Waals surface area contributed by atoms with Gasteiger partial charge in [-0.25, -0.2) is 0 Å². The van der Waals surface area contributed by atoms with Crippen molar-refractivity contribution in [2.24, 2.45) is 0 Å². The van der Waals surface area contributed by atoms with Crippen molar-refractivity contribution in [3.63, 3.8) is 0 Å². The van der Waals surface area contributed by atoms with Crippen LogP contribution in [0.2, 0.25) is 0 Å². The van der Waals surface area contributed by atoms with E-state index in [1.54, 1.807) is 37.4 Å². The van der Waals surface area contributed by atoms with Gasteiger partial charge < -0.3 is 14.5 Å². The number of carbonyl (C=O) groups excluding carboxylic acids is 2. The van der Waals surface area contributed by atoms with Crippen molar-refractivity contribution in [3.8, 4) is 5.75 Å². The lowest BCUT2D eigenvalue weighted by molar-refractivity contribution is 0.0884. The van der Waals surface area contributed by atoms with Crippen LogP contribution in [0.3, 0.4) is 0 Å². The second kappa shape index (κ2) is 6.38. The van der Waals surface area contributed by atoms with Crippen LogP contribution in [0, 0.1) is 0 Å². The standard InChI is InChI=1S/C14H12BrNO4/c1-19-10-4-2-9(3-5-10)11(17)8-16-14(18)12-6-7-13(15)20-12/h2-7H,8H2,1H3,(H,16,18). The molecule has 6 heteroatoms. The van der Waals surface area contributed by atoms with Crippen molar-refractivity contribution in [2.45, 2.75) is 0 Å². The molecule has 0 fully saturated rings. The van der Waals surface area contributed by atoms with Crippen LogP contribution in [-0.2, 0) is 0 Å². The Balaban J connectivity index is 1.92. The predicted octanol–water partition coefficient (Wildman–Crippen LogP) is 2.66. The smallest absolute Gasteiger partial charge is 0.287 e. The number of furan rings is 1. The number of hydrogen-bond acceptors (Lipinski definition) is 4. The van der Waals surface area contributed by atoms with Gasteiger partial charge >= 0.3 is 0 Å². The minimum absolute atomic E-state index is 0.0938. The summed E-state index contributed by atoms with van der Waals surface area (Å²) in [5.74, 6) is 0.203. The molecule has 1 N–H and O–H groups in total. The van der Waals surface area contributed by atoms with Gasteiger partial charge in [0, 0.05) is 5.56 Å². The SMILES string of the molecule is COc1ccc(C(=O)CNC(=O)c2ccc(Br)o2)cc1. The minimum atomic E-state index is -0.433. The first-order chi connectivity index (χ1) is 9.60. The minimum Gasteiger partial charge on any atom is -0.497 e. The number of nitrogens with one attached hydrogen (secondary N) is 1. The van der Waals surface area contributed by atoms with Crippen molar-refractivity contribution >= 4 is 27.6 Å². The molecule has 0 spiro atoms. The summed E-state index contributed by atoms with van der Waals surface area (Å²) < 4.78 is 10.6. The summed E-state index contributed by atoms with van der Waals surface area (Å²) in [4.78, 5) is 23.6. The number of benzene rings is 1. The largest absolute Gasteiger partial charge is 0.497 e. The van der Waals surface area contributed by atoms with Crippen LogP contribution in [0.15, 0.2) is 45.5 Å². The molecule has 104 valence electrons. The van der Waals surface area contributed by atoms with Crippen LogP contribution >= 0.6 is 15.9 Å². The van der Waals surface area contributed by atoms with E-state index in [0.29, 0.717) is 16.0 Å². The Morgan fingerprint density at radius 1 is 1.20 bits per heavy atom. The fourth-order valence-corrected chi connectivity index (χ4v) is 1.87. The van der Waals surface area contributed by atoms with Crippen LogP contribution in [-0.4, -0.2) is 25.3 Å². The monoisotopic (exact) mass is 337 g/mol. The third-order valence-corrected chi connectivity index (χ3v) is 3.04. The second-order valence-corrected chi connectivity index (χ2v) is 4.72. The number of amides is 1. The molecule has 0 aliphatic carbocycles. The molecule has 0 bridgehead atoms. The van der Waals surface area contributed by atoms with Crippen LogP contribution in [0.5, 0.6) is 5.75 Å². The number of halogens is 1. The van der Waals surface area contributed by atoms with Gasteiger partial charge in [-0.05, 0) is 52.3 Å². The third kappa shape index (κ3) is 3.48. The average molecular weight is 338 g/mol. The normalized spacial score (nSPS) is 10.1. The molecule has 2 rings (SSSR count). The Labute approximate surface area is 124 Å². The molecule has 0 aliphatic rings. The molecule has 20 heavy (non-hydrogen) atoms.